The van der Waals surface area contributed by atoms with E-state index in [0.717, 1.165) is 0 Å². The number of rotatable bonds is 8. The smallest absolute Gasteiger partial charge is 0.341 e. The maximum atomic E-state index is 12.2. The van der Waals surface area contributed by atoms with E-state index in [4.69, 9.17) is 14.6 Å². The molecule has 0 amide bonds. The molecule has 1 aromatic carbocycles. The van der Waals surface area contributed by atoms with E-state index in [1.54, 1.807) is 32.0 Å². The monoisotopic (exact) mass is 346 g/mol. The molecule has 7 nitrogen and oxygen atoms in total. The predicted molar refractivity (Wildman–Crippen MR) is 93.8 cm³/mol. The van der Waals surface area contributed by atoms with E-state index >= 15 is 0 Å². The number of carbonyl (C=O) groups is 2. The van der Waals surface area contributed by atoms with Crippen LogP contribution in [-0.4, -0.2) is 48.4 Å². The highest BCUT2D eigenvalue weighted by molar-refractivity contribution is 6.06. The van der Waals surface area contributed by atoms with Crippen LogP contribution in [0.3, 0.4) is 0 Å². The largest absolute Gasteiger partial charge is 0.462 e. The number of carbonyl (C=O) groups excluding carboxylic acids is 2. The minimum absolute atomic E-state index is 0.0266. The third kappa shape index (κ3) is 4.45. The van der Waals surface area contributed by atoms with Gasteiger partial charge in [0.15, 0.2) is 0 Å². The molecular weight excluding hydrogens is 324 g/mol. The van der Waals surface area contributed by atoms with Gasteiger partial charge in [0.2, 0.25) is 0 Å². The Hall–Kier alpha value is -2.67. The average Bonchev–Trinajstić information content (AvgIpc) is 2.61. The Morgan fingerprint density at radius 3 is 2.56 bits per heavy atom. The molecule has 2 aromatic rings. The van der Waals surface area contributed by atoms with Gasteiger partial charge in [0.05, 0.1) is 30.0 Å². The van der Waals surface area contributed by atoms with E-state index in [0.29, 0.717) is 35.1 Å². The summed E-state index contributed by atoms with van der Waals surface area (Å²) in [5.74, 6) is -0.933. The van der Waals surface area contributed by atoms with Gasteiger partial charge in [-0.05, 0) is 38.5 Å². The number of anilines is 1. The summed E-state index contributed by atoms with van der Waals surface area (Å²) in [7, 11) is 0. The molecule has 0 aliphatic heterocycles. The number of ether oxygens (including phenoxy) is 2. The van der Waals surface area contributed by atoms with Gasteiger partial charge in [0.1, 0.15) is 5.56 Å². The fourth-order valence-corrected chi connectivity index (χ4v) is 2.38. The molecule has 7 heteroatoms. The van der Waals surface area contributed by atoms with E-state index in [2.05, 4.69) is 10.3 Å². The van der Waals surface area contributed by atoms with Crippen molar-refractivity contribution < 1.29 is 24.2 Å². The molecule has 134 valence electrons. The van der Waals surface area contributed by atoms with Crippen molar-refractivity contribution >= 4 is 28.5 Å². The van der Waals surface area contributed by atoms with Crippen LogP contribution in [0.5, 0.6) is 0 Å². The van der Waals surface area contributed by atoms with Gasteiger partial charge in [-0.3, -0.25) is 4.98 Å². The fourth-order valence-electron chi connectivity index (χ4n) is 2.38. The minimum atomic E-state index is -0.495. The van der Waals surface area contributed by atoms with Gasteiger partial charge in [-0.2, -0.15) is 0 Å². The zero-order chi connectivity index (χ0) is 18.2. The molecule has 1 heterocycles. The Balaban J connectivity index is 2.53. The number of hydrogen-bond donors (Lipinski definition) is 2. The molecule has 0 spiro atoms. The van der Waals surface area contributed by atoms with Crippen molar-refractivity contribution in [3.05, 3.63) is 35.5 Å². The van der Waals surface area contributed by atoms with Gasteiger partial charge in [-0.15, -0.1) is 0 Å². The van der Waals surface area contributed by atoms with E-state index in [1.165, 1.54) is 6.20 Å². The summed E-state index contributed by atoms with van der Waals surface area (Å²) in [5, 5.41) is 12.8. The van der Waals surface area contributed by atoms with Crippen molar-refractivity contribution in [2.45, 2.75) is 20.3 Å². The minimum Gasteiger partial charge on any atom is -0.462 e. The Kier molecular flexibility index (Phi) is 6.71. The third-order valence-electron chi connectivity index (χ3n) is 3.51. The highest BCUT2D eigenvalue weighted by Crippen LogP contribution is 2.28. The van der Waals surface area contributed by atoms with Crippen LogP contribution in [0.25, 0.3) is 10.9 Å². The van der Waals surface area contributed by atoms with E-state index in [-0.39, 0.29) is 25.4 Å². The third-order valence-corrected chi connectivity index (χ3v) is 3.51. The quantitative estimate of drug-likeness (QED) is 0.559. The molecule has 1 aromatic heterocycles. The Labute approximate surface area is 146 Å². The molecule has 0 saturated carbocycles. The average molecular weight is 346 g/mol. The number of nitrogens with one attached hydrogen (secondary N) is 1. The summed E-state index contributed by atoms with van der Waals surface area (Å²) in [5.41, 5.74) is 1.83. The first-order valence-electron chi connectivity index (χ1n) is 8.24. The van der Waals surface area contributed by atoms with Crippen molar-refractivity contribution in [1.82, 2.24) is 4.98 Å². The van der Waals surface area contributed by atoms with E-state index < -0.39 is 11.9 Å². The summed E-state index contributed by atoms with van der Waals surface area (Å²) in [6.07, 6.45) is 1.97. The topological polar surface area (TPSA) is 97.8 Å². The normalized spacial score (nSPS) is 10.5. The second kappa shape index (κ2) is 8.98. The van der Waals surface area contributed by atoms with Crippen LogP contribution in [0.15, 0.2) is 24.4 Å². The first-order chi connectivity index (χ1) is 12.1. The van der Waals surface area contributed by atoms with Crippen molar-refractivity contribution in [1.29, 1.82) is 0 Å². The molecule has 0 aliphatic carbocycles. The fraction of sp³-hybridized carbons (Fsp3) is 0.389. The predicted octanol–water partition coefficient (Wildman–Crippen LogP) is 2.38. The van der Waals surface area contributed by atoms with Crippen LogP contribution in [-0.2, 0) is 9.47 Å². The van der Waals surface area contributed by atoms with E-state index in [1.807, 2.05) is 0 Å². The molecule has 0 bridgehead atoms. The first kappa shape index (κ1) is 18.7. The summed E-state index contributed by atoms with van der Waals surface area (Å²) in [4.78, 5) is 28.5. The number of aliphatic hydroxyl groups is 1. The first-order valence-corrected chi connectivity index (χ1v) is 8.24. The molecule has 0 fully saturated rings. The van der Waals surface area contributed by atoms with Crippen molar-refractivity contribution in [3.8, 4) is 0 Å². The molecule has 2 N–H and O–H groups in total. The molecule has 0 radical (unpaired) electrons. The van der Waals surface area contributed by atoms with Crippen molar-refractivity contribution in [3.63, 3.8) is 0 Å². The molecule has 25 heavy (non-hydrogen) atoms. The van der Waals surface area contributed by atoms with Gasteiger partial charge < -0.3 is 19.9 Å². The van der Waals surface area contributed by atoms with Gasteiger partial charge >= 0.3 is 11.9 Å². The van der Waals surface area contributed by atoms with Gasteiger partial charge in [0, 0.05) is 24.7 Å². The molecular formula is C18H22N2O5. The van der Waals surface area contributed by atoms with Crippen LogP contribution in [0, 0.1) is 0 Å². The van der Waals surface area contributed by atoms with Gasteiger partial charge in [0.25, 0.3) is 0 Å². The Morgan fingerprint density at radius 1 is 1.16 bits per heavy atom. The van der Waals surface area contributed by atoms with Crippen molar-refractivity contribution in [2.75, 3.05) is 31.7 Å². The van der Waals surface area contributed by atoms with Crippen LogP contribution in [0.2, 0.25) is 0 Å². The Bertz CT molecular complexity index is 755. The number of hydrogen-bond acceptors (Lipinski definition) is 7. The highest BCUT2D eigenvalue weighted by atomic mass is 16.5. The molecule has 0 saturated heterocycles. The molecule has 2 rings (SSSR count). The number of benzene rings is 1. The number of fused-ring (bicyclic) bond motifs is 1. The van der Waals surface area contributed by atoms with Gasteiger partial charge in [-0.1, -0.05) is 0 Å². The maximum absolute atomic E-state index is 12.2. The van der Waals surface area contributed by atoms with Gasteiger partial charge in [-0.25, -0.2) is 9.59 Å². The lowest BCUT2D eigenvalue weighted by Crippen LogP contribution is -2.13. The summed E-state index contributed by atoms with van der Waals surface area (Å²) in [6.45, 7) is 4.48. The number of nitrogens with zero attached hydrogens (tertiary/aromatic N) is 1. The standard InChI is InChI=1S/C18H22N2O5/c1-3-24-17(22)12-6-7-15-13(10-12)16(19-8-5-9-21)14(11-20-15)18(23)25-4-2/h6-7,10-11,21H,3-5,8-9H2,1-2H3,(H,19,20). The Morgan fingerprint density at radius 2 is 1.88 bits per heavy atom. The number of esters is 2. The second-order valence-electron chi connectivity index (χ2n) is 5.22. The summed E-state index contributed by atoms with van der Waals surface area (Å²) >= 11 is 0. The lowest BCUT2D eigenvalue weighted by molar-refractivity contribution is 0.0518. The van der Waals surface area contributed by atoms with Crippen LogP contribution in [0.1, 0.15) is 41.0 Å². The molecule has 0 aliphatic rings. The molecule has 0 unspecified atom stereocenters. The lowest BCUT2D eigenvalue weighted by Gasteiger charge is -2.14. The lowest BCUT2D eigenvalue weighted by atomic mass is 10.1. The van der Waals surface area contributed by atoms with E-state index in [9.17, 15) is 9.59 Å². The number of pyridine rings is 1. The SMILES string of the molecule is CCOC(=O)c1ccc2ncc(C(=O)OCC)c(NCCCO)c2c1. The number of aliphatic hydroxyl groups excluding tert-OH is 1. The zero-order valence-corrected chi connectivity index (χ0v) is 14.4. The zero-order valence-electron chi connectivity index (χ0n) is 14.4. The second-order valence-corrected chi connectivity index (χ2v) is 5.22. The van der Waals surface area contributed by atoms with Crippen LogP contribution >= 0.6 is 0 Å². The summed E-state index contributed by atoms with van der Waals surface area (Å²) in [6, 6.07) is 4.98. The van der Waals surface area contributed by atoms with Crippen LogP contribution in [0.4, 0.5) is 5.69 Å². The maximum Gasteiger partial charge on any atom is 0.341 e. The van der Waals surface area contributed by atoms with Crippen LogP contribution < -0.4 is 5.32 Å². The summed E-state index contributed by atoms with van der Waals surface area (Å²) < 4.78 is 10.1. The molecule has 0 atom stereocenters. The number of aromatic nitrogens is 1. The van der Waals surface area contributed by atoms with Crippen molar-refractivity contribution in [2.24, 2.45) is 0 Å². The highest BCUT2D eigenvalue weighted by Gasteiger charge is 2.18.